The highest BCUT2D eigenvalue weighted by molar-refractivity contribution is 7.93. The predicted molar refractivity (Wildman–Crippen MR) is 82.9 cm³/mol. The van der Waals surface area contributed by atoms with Crippen molar-refractivity contribution in [1.82, 2.24) is 5.32 Å². The largest absolute Gasteiger partial charge is 0.312 e. The number of thiophene rings is 1. The Balaban J connectivity index is 2.07. The van der Waals surface area contributed by atoms with Gasteiger partial charge < -0.3 is 5.32 Å². The molecule has 1 aromatic carbocycles. The third-order valence-corrected chi connectivity index (χ3v) is 7.11. The minimum atomic E-state index is -3.10. The monoisotopic (exact) mass is 307 g/mol. The van der Waals surface area contributed by atoms with E-state index in [9.17, 15) is 8.42 Å². The Kier molecular flexibility index (Phi) is 3.67. The number of fused-ring (bicyclic) bond motifs is 1. The van der Waals surface area contributed by atoms with E-state index in [0.29, 0.717) is 4.21 Å². The van der Waals surface area contributed by atoms with E-state index in [1.54, 1.807) is 13.0 Å². The zero-order chi connectivity index (χ0) is 14.2. The average molecular weight is 307 g/mol. The van der Waals surface area contributed by atoms with Crippen LogP contribution in [0.25, 0.3) is 10.4 Å². The zero-order valence-corrected chi connectivity index (χ0v) is 13.0. The SMILES string of the molecule is CCS(=O)(=O)c1ccc(-c2cccc3c2CCNC3)s1. The number of hydrogen-bond acceptors (Lipinski definition) is 4. The molecule has 0 unspecified atom stereocenters. The molecule has 0 fully saturated rings. The molecule has 1 aliphatic rings. The average Bonchev–Trinajstić information content (AvgIpc) is 2.97. The molecular formula is C15H17NO2S2. The maximum Gasteiger partial charge on any atom is 0.187 e. The number of sulfone groups is 1. The Bertz CT molecular complexity index is 732. The summed E-state index contributed by atoms with van der Waals surface area (Å²) in [6, 6.07) is 9.96. The van der Waals surface area contributed by atoms with Crippen molar-refractivity contribution in [3.05, 3.63) is 41.5 Å². The third kappa shape index (κ3) is 2.41. The fraction of sp³-hybridized carbons (Fsp3) is 0.333. The first kappa shape index (κ1) is 13.8. The van der Waals surface area contributed by atoms with Crippen molar-refractivity contribution < 1.29 is 8.42 Å². The lowest BCUT2D eigenvalue weighted by Gasteiger charge is -2.19. The van der Waals surface area contributed by atoms with Gasteiger partial charge in [0, 0.05) is 11.4 Å². The first-order valence-corrected chi connectivity index (χ1v) is 9.23. The van der Waals surface area contributed by atoms with Crippen molar-refractivity contribution in [2.75, 3.05) is 12.3 Å². The molecule has 3 nitrogen and oxygen atoms in total. The Hall–Kier alpha value is -1.17. The first-order valence-electron chi connectivity index (χ1n) is 6.76. The Morgan fingerprint density at radius 3 is 2.90 bits per heavy atom. The number of hydrogen-bond donors (Lipinski definition) is 1. The highest BCUT2D eigenvalue weighted by Crippen LogP contribution is 2.35. The highest BCUT2D eigenvalue weighted by Gasteiger charge is 2.18. The van der Waals surface area contributed by atoms with E-state index in [4.69, 9.17) is 0 Å². The van der Waals surface area contributed by atoms with Gasteiger partial charge in [-0.1, -0.05) is 25.1 Å². The molecule has 1 N–H and O–H groups in total. The number of nitrogens with one attached hydrogen (secondary N) is 1. The fourth-order valence-electron chi connectivity index (χ4n) is 2.54. The summed E-state index contributed by atoms with van der Waals surface area (Å²) in [6.07, 6.45) is 0.999. The maximum absolute atomic E-state index is 11.9. The molecule has 0 radical (unpaired) electrons. The molecule has 1 aromatic heterocycles. The fourth-order valence-corrected chi connectivity index (χ4v) is 5.02. The van der Waals surface area contributed by atoms with E-state index in [2.05, 4.69) is 23.5 Å². The Morgan fingerprint density at radius 2 is 2.10 bits per heavy atom. The van der Waals surface area contributed by atoms with E-state index in [0.717, 1.165) is 24.4 Å². The highest BCUT2D eigenvalue weighted by atomic mass is 32.2. The van der Waals surface area contributed by atoms with E-state index in [-0.39, 0.29) is 5.75 Å². The van der Waals surface area contributed by atoms with E-state index < -0.39 is 9.84 Å². The zero-order valence-electron chi connectivity index (χ0n) is 11.3. The van der Waals surface area contributed by atoms with Gasteiger partial charge in [0.1, 0.15) is 4.21 Å². The van der Waals surface area contributed by atoms with Crippen LogP contribution in [0.4, 0.5) is 0 Å². The summed E-state index contributed by atoms with van der Waals surface area (Å²) in [5.74, 6) is 0.157. The molecule has 0 amide bonds. The topological polar surface area (TPSA) is 46.2 Å². The van der Waals surface area contributed by atoms with Crippen molar-refractivity contribution in [2.45, 2.75) is 24.1 Å². The molecule has 0 aliphatic carbocycles. The van der Waals surface area contributed by atoms with Crippen molar-refractivity contribution >= 4 is 21.2 Å². The van der Waals surface area contributed by atoms with Crippen LogP contribution in [0.5, 0.6) is 0 Å². The molecule has 3 rings (SSSR count). The molecule has 5 heteroatoms. The summed E-state index contributed by atoms with van der Waals surface area (Å²) in [5.41, 5.74) is 3.86. The second kappa shape index (κ2) is 5.31. The van der Waals surface area contributed by atoms with Gasteiger partial charge in [0.25, 0.3) is 0 Å². The smallest absolute Gasteiger partial charge is 0.187 e. The molecule has 20 heavy (non-hydrogen) atoms. The van der Waals surface area contributed by atoms with Gasteiger partial charge >= 0.3 is 0 Å². The summed E-state index contributed by atoms with van der Waals surface area (Å²) >= 11 is 1.38. The molecule has 1 aliphatic heterocycles. The molecule has 0 bridgehead atoms. The lowest BCUT2D eigenvalue weighted by atomic mass is 9.95. The lowest BCUT2D eigenvalue weighted by molar-refractivity contribution is 0.599. The van der Waals surface area contributed by atoms with Gasteiger partial charge in [-0.05, 0) is 41.8 Å². The van der Waals surface area contributed by atoms with Crippen molar-refractivity contribution in [3.63, 3.8) is 0 Å². The van der Waals surface area contributed by atoms with Gasteiger partial charge in [-0.2, -0.15) is 0 Å². The van der Waals surface area contributed by atoms with Crippen molar-refractivity contribution in [2.24, 2.45) is 0 Å². The predicted octanol–water partition coefficient (Wildman–Crippen LogP) is 2.85. The molecular weight excluding hydrogens is 290 g/mol. The van der Waals surface area contributed by atoms with E-state index in [1.807, 2.05) is 6.07 Å². The summed E-state index contributed by atoms with van der Waals surface area (Å²) in [4.78, 5) is 1.05. The molecule has 0 saturated heterocycles. The Labute approximate surface area is 123 Å². The maximum atomic E-state index is 11.9. The summed E-state index contributed by atoms with van der Waals surface area (Å²) < 4.78 is 24.3. The van der Waals surface area contributed by atoms with Crippen LogP contribution in [0.15, 0.2) is 34.5 Å². The third-order valence-electron chi connectivity index (χ3n) is 3.67. The second-order valence-corrected chi connectivity index (χ2v) is 8.48. The second-order valence-electron chi connectivity index (χ2n) is 4.89. The minimum Gasteiger partial charge on any atom is -0.312 e. The van der Waals surface area contributed by atoms with Crippen molar-refractivity contribution in [3.8, 4) is 10.4 Å². The van der Waals surface area contributed by atoms with Crippen LogP contribution in [0.3, 0.4) is 0 Å². The Morgan fingerprint density at radius 1 is 1.25 bits per heavy atom. The van der Waals surface area contributed by atoms with Crippen LogP contribution in [-0.2, 0) is 22.8 Å². The molecule has 106 valence electrons. The van der Waals surface area contributed by atoms with E-state index >= 15 is 0 Å². The normalized spacial score (nSPS) is 15.1. The first-order chi connectivity index (χ1) is 9.62. The number of rotatable bonds is 3. The van der Waals surface area contributed by atoms with Crippen LogP contribution < -0.4 is 5.32 Å². The van der Waals surface area contributed by atoms with Gasteiger partial charge in [0.2, 0.25) is 0 Å². The van der Waals surface area contributed by atoms with E-state index in [1.165, 1.54) is 28.0 Å². The van der Waals surface area contributed by atoms with Crippen molar-refractivity contribution in [1.29, 1.82) is 0 Å². The van der Waals surface area contributed by atoms with Gasteiger partial charge in [0.15, 0.2) is 9.84 Å². The molecule has 0 saturated carbocycles. The van der Waals surface area contributed by atoms with Crippen LogP contribution in [0, 0.1) is 0 Å². The molecule has 2 heterocycles. The van der Waals surface area contributed by atoms with Crippen LogP contribution in [0.2, 0.25) is 0 Å². The lowest BCUT2D eigenvalue weighted by Crippen LogP contribution is -2.23. The summed E-state index contributed by atoms with van der Waals surface area (Å²) in [6.45, 7) is 3.56. The van der Waals surface area contributed by atoms with Gasteiger partial charge in [-0.25, -0.2) is 8.42 Å². The van der Waals surface area contributed by atoms with Crippen LogP contribution in [0.1, 0.15) is 18.1 Å². The molecule has 0 atom stereocenters. The molecule has 2 aromatic rings. The quantitative estimate of drug-likeness (QED) is 0.948. The van der Waals surface area contributed by atoms with Crippen LogP contribution >= 0.6 is 11.3 Å². The summed E-state index contributed by atoms with van der Waals surface area (Å²) in [5, 5.41) is 3.37. The summed E-state index contributed by atoms with van der Waals surface area (Å²) in [7, 11) is -3.10. The van der Waals surface area contributed by atoms with Gasteiger partial charge in [-0.3, -0.25) is 0 Å². The standard InChI is InChI=1S/C15H17NO2S2/c1-2-20(17,18)15-7-6-14(19-15)13-5-3-4-11-10-16-9-8-12(11)13/h3-7,16H,2,8-10H2,1H3. The van der Waals surface area contributed by atoms with Gasteiger partial charge in [0.05, 0.1) is 5.75 Å². The van der Waals surface area contributed by atoms with Crippen LogP contribution in [-0.4, -0.2) is 20.7 Å². The minimum absolute atomic E-state index is 0.157. The number of benzene rings is 1. The van der Waals surface area contributed by atoms with Gasteiger partial charge in [-0.15, -0.1) is 11.3 Å². The molecule has 0 spiro atoms.